The van der Waals surface area contributed by atoms with E-state index in [4.69, 9.17) is 10.5 Å². The standard InChI is InChI=1S/C12H20N4O2/c1-8-10(13)11(16(2)15-8)12(17)14-7-9-5-3-4-6-18-9/h9H,3-7,13H2,1-2H3,(H,14,17). The molecule has 6 nitrogen and oxygen atoms in total. The minimum atomic E-state index is -0.190. The van der Waals surface area contributed by atoms with Crippen molar-refractivity contribution in [3.05, 3.63) is 11.4 Å². The Morgan fingerprint density at radius 1 is 1.61 bits per heavy atom. The van der Waals surface area contributed by atoms with Crippen molar-refractivity contribution in [1.29, 1.82) is 0 Å². The highest BCUT2D eigenvalue weighted by molar-refractivity contribution is 5.97. The second kappa shape index (κ2) is 5.39. The largest absolute Gasteiger partial charge is 0.395 e. The van der Waals surface area contributed by atoms with Gasteiger partial charge in [0.15, 0.2) is 0 Å². The lowest BCUT2D eigenvalue weighted by atomic mass is 10.1. The SMILES string of the molecule is Cc1nn(C)c(C(=O)NCC2CCCCO2)c1N. The number of carbonyl (C=O) groups is 1. The molecule has 0 bridgehead atoms. The number of anilines is 1. The quantitative estimate of drug-likeness (QED) is 0.825. The summed E-state index contributed by atoms with van der Waals surface area (Å²) in [6, 6.07) is 0. The minimum absolute atomic E-state index is 0.123. The highest BCUT2D eigenvalue weighted by atomic mass is 16.5. The number of rotatable bonds is 3. The molecule has 1 amide bonds. The zero-order valence-electron chi connectivity index (χ0n) is 10.9. The van der Waals surface area contributed by atoms with Gasteiger partial charge in [-0.25, -0.2) is 0 Å². The second-order valence-corrected chi connectivity index (χ2v) is 4.67. The van der Waals surface area contributed by atoms with Crippen LogP contribution >= 0.6 is 0 Å². The van der Waals surface area contributed by atoms with Gasteiger partial charge in [0.05, 0.1) is 17.5 Å². The lowest BCUT2D eigenvalue weighted by Crippen LogP contribution is -2.36. The number of nitrogens with one attached hydrogen (secondary N) is 1. The van der Waals surface area contributed by atoms with Crippen LogP contribution in [0.1, 0.15) is 35.4 Å². The maximum atomic E-state index is 12.0. The summed E-state index contributed by atoms with van der Waals surface area (Å²) < 4.78 is 7.08. The van der Waals surface area contributed by atoms with E-state index < -0.39 is 0 Å². The van der Waals surface area contributed by atoms with Gasteiger partial charge in [-0.1, -0.05) is 0 Å². The first-order valence-corrected chi connectivity index (χ1v) is 6.28. The molecular weight excluding hydrogens is 232 g/mol. The molecule has 1 aliphatic rings. The van der Waals surface area contributed by atoms with Crippen molar-refractivity contribution in [2.24, 2.45) is 7.05 Å². The molecule has 2 rings (SSSR count). The Bertz CT molecular complexity index is 436. The number of amides is 1. The van der Waals surface area contributed by atoms with Gasteiger partial charge in [-0.15, -0.1) is 0 Å². The molecule has 3 N–H and O–H groups in total. The topological polar surface area (TPSA) is 82.2 Å². The van der Waals surface area contributed by atoms with E-state index in [-0.39, 0.29) is 12.0 Å². The molecular formula is C12H20N4O2. The van der Waals surface area contributed by atoms with Crippen molar-refractivity contribution in [1.82, 2.24) is 15.1 Å². The number of hydrogen-bond donors (Lipinski definition) is 2. The number of nitrogens with zero attached hydrogens (tertiary/aromatic N) is 2. The third kappa shape index (κ3) is 2.64. The van der Waals surface area contributed by atoms with Crippen LogP contribution in [0.25, 0.3) is 0 Å². The summed E-state index contributed by atoms with van der Waals surface area (Å²) in [6.45, 7) is 3.10. The van der Waals surface area contributed by atoms with Crippen LogP contribution in [-0.2, 0) is 11.8 Å². The molecule has 6 heteroatoms. The number of aryl methyl sites for hydroxylation is 2. The summed E-state index contributed by atoms with van der Waals surface area (Å²) >= 11 is 0. The number of hydrogen-bond acceptors (Lipinski definition) is 4. The van der Waals surface area contributed by atoms with Crippen LogP contribution in [-0.4, -0.2) is 34.9 Å². The van der Waals surface area contributed by atoms with Crippen LogP contribution in [0.3, 0.4) is 0 Å². The first kappa shape index (κ1) is 12.9. The van der Waals surface area contributed by atoms with Crippen LogP contribution in [0.5, 0.6) is 0 Å². The molecule has 1 saturated heterocycles. The lowest BCUT2D eigenvalue weighted by molar-refractivity contribution is 0.0168. The average Bonchev–Trinajstić information content (AvgIpc) is 2.62. The Labute approximate surface area is 106 Å². The second-order valence-electron chi connectivity index (χ2n) is 4.67. The van der Waals surface area contributed by atoms with Gasteiger partial charge in [-0.2, -0.15) is 5.10 Å². The molecule has 1 aromatic rings. The summed E-state index contributed by atoms with van der Waals surface area (Å²) in [5.41, 5.74) is 7.38. The van der Waals surface area contributed by atoms with E-state index >= 15 is 0 Å². The Kier molecular flexibility index (Phi) is 3.86. The van der Waals surface area contributed by atoms with Crippen molar-refractivity contribution >= 4 is 11.6 Å². The molecule has 1 fully saturated rings. The Morgan fingerprint density at radius 3 is 2.94 bits per heavy atom. The van der Waals surface area contributed by atoms with Crippen molar-refractivity contribution in [2.75, 3.05) is 18.9 Å². The van der Waals surface area contributed by atoms with Gasteiger partial charge in [0, 0.05) is 20.2 Å². The van der Waals surface area contributed by atoms with Crippen molar-refractivity contribution < 1.29 is 9.53 Å². The Hall–Kier alpha value is -1.56. The number of nitrogens with two attached hydrogens (primary N) is 1. The first-order valence-electron chi connectivity index (χ1n) is 6.28. The summed E-state index contributed by atoms with van der Waals surface area (Å²) in [6.07, 6.45) is 3.39. The van der Waals surface area contributed by atoms with E-state index in [0.29, 0.717) is 23.6 Å². The number of ether oxygens (including phenoxy) is 1. The van der Waals surface area contributed by atoms with E-state index in [1.165, 1.54) is 4.68 Å². The maximum absolute atomic E-state index is 12.0. The van der Waals surface area contributed by atoms with E-state index in [1.807, 2.05) is 0 Å². The van der Waals surface area contributed by atoms with Crippen LogP contribution < -0.4 is 11.1 Å². The monoisotopic (exact) mass is 252 g/mol. The van der Waals surface area contributed by atoms with Crippen LogP contribution in [0.4, 0.5) is 5.69 Å². The Morgan fingerprint density at radius 2 is 2.39 bits per heavy atom. The van der Waals surface area contributed by atoms with E-state index in [2.05, 4.69) is 10.4 Å². The minimum Gasteiger partial charge on any atom is -0.395 e. The van der Waals surface area contributed by atoms with E-state index in [1.54, 1.807) is 14.0 Å². The molecule has 1 unspecified atom stereocenters. The average molecular weight is 252 g/mol. The summed E-state index contributed by atoms with van der Waals surface area (Å²) in [7, 11) is 1.72. The van der Waals surface area contributed by atoms with Gasteiger partial charge < -0.3 is 15.8 Å². The molecule has 1 aromatic heterocycles. The van der Waals surface area contributed by atoms with E-state index in [9.17, 15) is 4.79 Å². The zero-order chi connectivity index (χ0) is 13.1. The first-order chi connectivity index (χ1) is 8.59. The number of nitrogen functional groups attached to an aromatic ring is 1. The van der Waals surface area contributed by atoms with Crippen molar-refractivity contribution in [2.45, 2.75) is 32.3 Å². The van der Waals surface area contributed by atoms with E-state index in [0.717, 1.165) is 25.9 Å². The molecule has 0 spiro atoms. The third-order valence-corrected chi connectivity index (χ3v) is 3.25. The summed E-state index contributed by atoms with van der Waals surface area (Å²) in [5, 5.41) is 6.98. The van der Waals surface area contributed by atoms with Crippen LogP contribution in [0, 0.1) is 6.92 Å². The molecule has 0 aromatic carbocycles. The van der Waals surface area contributed by atoms with Gasteiger partial charge in [0.25, 0.3) is 5.91 Å². The van der Waals surface area contributed by atoms with Crippen LogP contribution in [0.2, 0.25) is 0 Å². The summed E-state index contributed by atoms with van der Waals surface area (Å²) in [5.74, 6) is -0.190. The van der Waals surface area contributed by atoms with Crippen molar-refractivity contribution in [3.8, 4) is 0 Å². The highest BCUT2D eigenvalue weighted by Gasteiger charge is 2.20. The molecule has 0 aliphatic carbocycles. The predicted molar refractivity (Wildman–Crippen MR) is 68.3 cm³/mol. The molecule has 1 aliphatic heterocycles. The lowest BCUT2D eigenvalue weighted by Gasteiger charge is -2.22. The smallest absolute Gasteiger partial charge is 0.271 e. The molecule has 100 valence electrons. The van der Waals surface area contributed by atoms with Crippen LogP contribution in [0.15, 0.2) is 0 Å². The zero-order valence-corrected chi connectivity index (χ0v) is 10.9. The van der Waals surface area contributed by atoms with Gasteiger partial charge in [0.2, 0.25) is 0 Å². The number of aromatic nitrogens is 2. The number of carbonyl (C=O) groups excluding carboxylic acids is 1. The fourth-order valence-electron chi connectivity index (χ4n) is 2.20. The fourth-order valence-corrected chi connectivity index (χ4v) is 2.20. The van der Waals surface area contributed by atoms with Gasteiger partial charge >= 0.3 is 0 Å². The van der Waals surface area contributed by atoms with Gasteiger partial charge in [-0.3, -0.25) is 9.48 Å². The van der Waals surface area contributed by atoms with Gasteiger partial charge in [-0.05, 0) is 26.2 Å². The normalized spacial score (nSPS) is 19.8. The molecule has 0 radical (unpaired) electrons. The molecule has 1 atom stereocenters. The maximum Gasteiger partial charge on any atom is 0.271 e. The fraction of sp³-hybridized carbons (Fsp3) is 0.667. The van der Waals surface area contributed by atoms with Crippen molar-refractivity contribution in [3.63, 3.8) is 0 Å². The highest BCUT2D eigenvalue weighted by Crippen LogP contribution is 2.15. The Balaban J connectivity index is 1.95. The molecule has 18 heavy (non-hydrogen) atoms. The molecule has 0 saturated carbocycles. The molecule has 2 heterocycles. The third-order valence-electron chi connectivity index (χ3n) is 3.25. The van der Waals surface area contributed by atoms with Gasteiger partial charge in [0.1, 0.15) is 5.69 Å². The summed E-state index contributed by atoms with van der Waals surface area (Å²) in [4.78, 5) is 12.0. The predicted octanol–water partition coefficient (Wildman–Crippen LogP) is 0.610.